The molecule has 184 valence electrons. The van der Waals surface area contributed by atoms with Crippen molar-refractivity contribution in [1.29, 1.82) is 0 Å². The molecule has 1 saturated heterocycles. The minimum Gasteiger partial charge on any atom is -0.410 e. The van der Waals surface area contributed by atoms with Crippen molar-refractivity contribution in [2.45, 2.75) is 25.8 Å². The summed E-state index contributed by atoms with van der Waals surface area (Å²) in [6.45, 7) is 3.74. The molecule has 1 unspecified atom stereocenters. The van der Waals surface area contributed by atoms with Crippen molar-refractivity contribution in [2.75, 3.05) is 24.5 Å². The lowest BCUT2D eigenvalue weighted by Crippen LogP contribution is -2.51. The predicted octanol–water partition coefficient (Wildman–Crippen LogP) is 4.21. The summed E-state index contributed by atoms with van der Waals surface area (Å²) in [5, 5.41) is 10.8. The zero-order chi connectivity index (χ0) is 25.1. The smallest absolute Gasteiger partial charge is 0.410 e. The molecular formula is C25H25N7O4. The fraction of sp³-hybridized carbons (Fsp3) is 0.280. The number of imidazole rings is 1. The number of ether oxygens (including phenoxy) is 1. The number of nitrogens with zero attached hydrogens (tertiary/aromatic N) is 7. The number of carbonyl (C=O) groups is 1. The Morgan fingerprint density at radius 1 is 1.17 bits per heavy atom. The molecule has 2 aromatic carbocycles. The normalized spacial score (nSPS) is 15.6. The van der Waals surface area contributed by atoms with Crippen LogP contribution in [-0.2, 0) is 0 Å². The van der Waals surface area contributed by atoms with Gasteiger partial charge in [0.2, 0.25) is 5.95 Å². The molecular weight excluding hydrogens is 462 g/mol. The average Bonchev–Trinajstić information content (AvgIpc) is 3.34. The van der Waals surface area contributed by atoms with E-state index in [0.717, 1.165) is 29.7 Å². The lowest BCUT2D eigenvalue weighted by atomic mass is 10.0. The van der Waals surface area contributed by atoms with Gasteiger partial charge in [-0.1, -0.05) is 12.1 Å². The number of carbonyl (C=O) groups excluding carboxylic acids is 1. The number of aromatic nitrogens is 4. The summed E-state index contributed by atoms with van der Waals surface area (Å²) in [5.41, 5.74) is 1.79. The first kappa shape index (κ1) is 23.2. The summed E-state index contributed by atoms with van der Waals surface area (Å²) in [6, 6.07) is 15.2. The highest BCUT2D eigenvalue weighted by molar-refractivity contribution is 5.76. The number of anilines is 1. The quantitative estimate of drug-likeness (QED) is 0.293. The molecule has 1 aliphatic heterocycles. The van der Waals surface area contributed by atoms with Crippen molar-refractivity contribution < 1.29 is 14.5 Å². The Balaban J connectivity index is 1.31. The monoisotopic (exact) mass is 487 g/mol. The van der Waals surface area contributed by atoms with Crippen molar-refractivity contribution in [3.05, 3.63) is 77.2 Å². The highest BCUT2D eigenvalue weighted by Crippen LogP contribution is 2.24. The highest BCUT2D eigenvalue weighted by atomic mass is 16.6. The van der Waals surface area contributed by atoms with Crippen LogP contribution >= 0.6 is 0 Å². The maximum atomic E-state index is 12.8. The molecule has 4 aromatic rings. The van der Waals surface area contributed by atoms with E-state index in [4.69, 9.17) is 9.72 Å². The molecule has 1 aliphatic rings. The summed E-state index contributed by atoms with van der Waals surface area (Å²) in [5.74, 6) is 1.57. The van der Waals surface area contributed by atoms with Crippen LogP contribution in [-0.4, -0.2) is 61.1 Å². The Morgan fingerprint density at radius 3 is 2.75 bits per heavy atom. The molecule has 5 rings (SSSR count). The van der Waals surface area contributed by atoms with Crippen LogP contribution in [0.2, 0.25) is 0 Å². The van der Waals surface area contributed by atoms with Gasteiger partial charge in [-0.05, 0) is 50.1 Å². The van der Waals surface area contributed by atoms with Gasteiger partial charge in [-0.25, -0.2) is 14.8 Å². The molecule has 1 amide bonds. The number of amides is 1. The molecule has 0 aliphatic carbocycles. The number of nitro benzene ring substituents is 1. The van der Waals surface area contributed by atoms with E-state index in [0.29, 0.717) is 25.6 Å². The first-order valence-electron chi connectivity index (χ1n) is 11.8. The van der Waals surface area contributed by atoms with E-state index >= 15 is 0 Å². The lowest BCUT2D eigenvalue weighted by molar-refractivity contribution is -0.384. The Bertz CT molecular complexity index is 1390. The molecule has 1 atom stereocenters. The van der Waals surface area contributed by atoms with Crippen LogP contribution in [0.25, 0.3) is 16.9 Å². The van der Waals surface area contributed by atoms with E-state index in [1.165, 1.54) is 24.3 Å². The van der Waals surface area contributed by atoms with Crippen LogP contribution in [0.3, 0.4) is 0 Å². The second-order valence-electron chi connectivity index (χ2n) is 8.47. The number of rotatable bonds is 6. The minimum atomic E-state index is -0.494. The number of hydrogen-bond donors (Lipinski definition) is 0. The summed E-state index contributed by atoms with van der Waals surface area (Å²) in [7, 11) is 0. The number of non-ortho nitro benzene ring substituents is 1. The molecule has 0 bridgehead atoms. The number of fused-ring (bicyclic) bond motifs is 1. The van der Waals surface area contributed by atoms with Crippen LogP contribution in [0.4, 0.5) is 16.4 Å². The molecule has 0 saturated carbocycles. The molecule has 36 heavy (non-hydrogen) atoms. The van der Waals surface area contributed by atoms with E-state index in [-0.39, 0.29) is 17.5 Å². The van der Waals surface area contributed by atoms with Crippen LogP contribution < -0.4 is 9.64 Å². The largest absolute Gasteiger partial charge is 0.415 e. The minimum absolute atomic E-state index is 0.0166. The summed E-state index contributed by atoms with van der Waals surface area (Å²) >= 11 is 0. The van der Waals surface area contributed by atoms with Gasteiger partial charge in [0.15, 0.2) is 0 Å². The number of hydrogen-bond acceptors (Lipinski definition) is 8. The first-order valence-corrected chi connectivity index (χ1v) is 11.8. The number of piperidine rings is 1. The summed E-state index contributed by atoms with van der Waals surface area (Å²) < 4.78 is 7.40. The number of para-hydroxylation sites is 2. The van der Waals surface area contributed by atoms with Gasteiger partial charge in [-0.15, -0.1) is 0 Å². The van der Waals surface area contributed by atoms with Gasteiger partial charge in [-0.2, -0.15) is 4.98 Å². The van der Waals surface area contributed by atoms with E-state index in [1.807, 2.05) is 41.8 Å². The number of likely N-dealkylation sites (N-methyl/N-ethyl adjacent to an activating group) is 1. The van der Waals surface area contributed by atoms with Crippen molar-refractivity contribution in [1.82, 2.24) is 24.4 Å². The fourth-order valence-corrected chi connectivity index (χ4v) is 4.49. The van der Waals surface area contributed by atoms with Crippen molar-refractivity contribution in [3.63, 3.8) is 0 Å². The third-order valence-corrected chi connectivity index (χ3v) is 6.27. The number of nitro groups is 1. The predicted molar refractivity (Wildman–Crippen MR) is 133 cm³/mol. The summed E-state index contributed by atoms with van der Waals surface area (Å²) in [6.07, 6.45) is 4.70. The SMILES string of the molecule is CCN(c1nccc(-n2cnc3ccccc32)n1)C1CCCN(C(=O)Oc2ccc([N+](=O)[O-])cc2)C1. The van der Waals surface area contributed by atoms with Gasteiger partial charge in [0.1, 0.15) is 17.9 Å². The van der Waals surface area contributed by atoms with Gasteiger partial charge in [0, 0.05) is 44.0 Å². The third kappa shape index (κ3) is 4.67. The van der Waals surface area contributed by atoms with Crippen molar-refractivity contribution >= 4 is 28.8 Å². The van der Waals surface area contributed by atoms with Gasteiger partial charge in [-0.3, -0.25) is 14.7 Å². The molecule has 11 heteroatoms. The Labute approximate surface area is 207 Å². The maximum Gasteiger partial charge on any atom is 0.415 e. The first-order chi connectivity index (χ1) is 17.5. The third-order valence-electron chi connectivity index (χ3n) is 6.27. The maximum absolute atomic E-state index is 12.8. The molecule has 0 spiro atoms. The average molecular weight is 488 g/mol. The number of benzene rings is 2. The second-order valence-corrected chi connectivity index (χ2v) is 8.47. The lowest BCUT2D eigenvalue weighted by Gasteiger charge is -2.38. The van der Waals surface area contributed by atoms with Crippen LogP contribution in [0.5, 0.6) is 5.75 Å². The Morgan fingerprint density at radius 2 is 1.97 bits per heavy atom. The Kier molecular flexibility index (Phi) is 6.44. The second kappa shape index (κ2) is 9.98. The molecule has 11 nitrogen and oxygen atoms in total. The van der Waals surface area contributed by atoms with E-state index in [2.05, 4.69) is 14.9 Å². The van der Waals surface area contributed by atoms with Crippen LogP contribution in [0.1, 0.15) is 19.8 Å². The Hall–Kier alpha value is -4.54. The molecule has 3 heterocycles. The van der Waals surface area contributed by atoms with Gasteiger partial charge >= 0.3 is 6.09 Å². The van der Waals surface area contributed by atoms with Crippen LogP contribution in [0, 0.1) is 10.1 Å². The zero-order valence-corrected chi connectivity index (χ0v) is 19.7. The fourth-order valence-electron chi connectivity index (χ4n) is 4.49. The van der Waals surface area contributed by atoms with Gasteiger partial charge in [0.25, 0.3) is 5.69 Å². The van der Waals surface area contributed by atoms with E-state index in [9.17, 15) is 14.9 Å². The topological polar surface area (TPSA) is 120 Å². The van der Waals surface area contributed by atoms with E-state index in [1.54, 1.807) is 17.4 Å². The molecule has 1 fully saturated rings. The summed E-state index contributed by atoms with van der Waals surface area (Å²) in [4.78, 5) is 40.7. The standard InChI is InChI=1S/C25H25N7O4/c1-2-30(24-26-14-13-23(28-24)31-17-27-21-7-3-4-8-22(21)31)19-6-5-15-29(16-19)25(33)36-20-11-9-18(10-12-20)32(34)35/h3-4,7-14,17,19H,2,5-6,15-16H2,1H3. The van der Waals surface area contributed by atoms with E-state index < -0.39 is 11.0 Å². The van der Waals surface area contributed by atoms with Crippen molar-refractivity contribution in [3.8, 4) is 11.6 Å². The number of likely N-dealkylation sites (tertiary alicyclic amines) is 1. The molecule has 2 aromatic heterocycles. The molecule has 0 N–H and O–H groups in total. The molecule has 0 radical (unpaired) electrons. The van der Waals surface area contributed by atoms with Gasteiger partial charge < -0.3 is 14.5 Å². The van der Waals surface area contributed by atoms with Crippen LogP contribution in [0.15, 0.2) is 67.1 Å². The van der Waals surface area contributed by atoms with Crippen molar-refractivity contribution in [2.24, 2.45) is 0 Å². The highest BCUT2D eigenvalue weighted by Gasteiger charge is 2.30. The van der Waals surface area contributed by atoms with Gasteiger partial charge in [0.05, 0.1) is 16.0 Å². The zero-order valence-electron chi connectivity index (χ0n) is 19.7.